The second-order valence-electron chi connectivity index (χ2n) is 5.58. The molecule has 21 heavy (non-hydrogen) atoms. The number of hydrogen-bond donors (Lipinski definition) is 1. The maximum Gasteiger partial charge on any atom is 0.240 e. The van der Waals surface area contributed by atoms with Gasteiger partial charge < -0.3 is 4.90 Å². The Kier molecular flexibility index (Phi) is 5.34. The first-order valence-electron chi connectivity index (χ1n) is 7.23. The molecule has 0 bridgehead atoms. The molecule has 114 valence electrons. The second kappa shape index (κ2) is 7.03. The first-order valence-corrected chi connectivity index (χ1v) is 8.72. The highest BCUT2D eigenvalue weighted by Gasteiger charge is 2.17. The van der Waals surface area contributed by atoms with Crippen molar-refractivity contribution in [1.29, 1.82) is 5.26 Å². The lowest BCUT2D eigenvalue weighted by Crippen LogP contribution is -2.40. The summed E-state index contributed by atoms with van der Waals surface area (Å²) in [5, 5.41) is 8.72. The molecule has 0 spiro atoms. The van der Waals surface area contributed by atoms with Gasteiger partial charge in [0.25, 0.3) is 0 Å². The number of nitrogens with one attached hydrogen (secondary N) is 1. The Hall–Kier alpha value is -1.42. The van der Waals surface area contributed by atoms with E-state index in [-0.39, 0.29) is 4.90 Å². The minimum absolute atomic E-state index is 0.202. The van der Waals surface area contributed by atoms with Crippen molar-refractivity contribution in [3.05, 3.63) is 29.8 Å². The normalized spacial score (nSPS) is 20.1. The lowest BCUT2D eigenvalue weighted by atomic mass is 10.0. The molecule has 1 aromatic carbocycles. The molecule has 1 heterocycles. The molecule has 1 N–H and O–H groups in total. The van der Waals surface area contributed by atoms with Crippen LogP contribution in [0.4, 0.5) is 0 Å². The molecule has 1 atom stereocenters. The van der Waals surface area contributed by atoms with Gasteiger partial charge in [-0.15, -0.1) is 0 Å². The van der Waals surface area contributed by atoms with Crippen LogP contribution in [0.3, 0.4) is 0 Å². The third kappa shape index (κ3) is 4.53. The third-order valence-electron chi connectivity index (χ3n) is 3.75. The summed E-state index contributed by atoms with van der Waals surface area (Å²) >= 11 is 0. The molecule has 1 aliphatic heterocycles. The van der Waals surface area contributed by atoms with Gasteiger partial charge in [-0.3, -0.25) is 0 Å². The Morgan fingerprint density at radius 3 is 2.71 bits per heavy atom. The zero-order valence-electron chi connectivity index (χ0n) is 12.2. The fraction of sp³-hybridized carbons (Fsp3) is 0.533. The van der Waals surface area contributed by atoms with Crippen molar-refractivity contribution in [2.24, 2.45) is 5.92 Å². The van der Waals surface area contributed by atoms with E-state index in [2.05, 4.69) is 16.5 Å². The van der Waals surface area contributed by atoms with Crippen LogP contribution in [0.25, 0.3) is 0 Å². The minimum atomic E-state index is -3.49. The molecule has 6 heteroatoms. The van der Waals surface area contributed by atoms with Crippen molar-refractivity contribution in [2.75, 3.05) is 26.2 Å². The molecule has 0 radical (unpaired) electrons. The van der Waals surface area contributed by atoms with Crippen molar-refractivity contribution in [3.8, 4) is 6.07 Å². The van der Waals surface area contributed by atoms with Gasteiger partial charge in [0.2, 0.25) is 10.0 Å². The van der Waals surface area contributed by atoms with E-state index in [0.717, 1.165) is 19.6 Å². The topological polar surface area (TPSA) is 73.2 Å². The van der Waals surface area contributed by atoms with Crippen LogP contribution in [0.5, 0.6) is 0 Å². The van der Waals surface area contributed by atoms with E-state index >= 15 is 0 Å². The summed E-state index contributed by atoms with van der Waals surface area (Å²) in [4.78, 5) is 2.50. The Morgan fingerprint density at radius 1 is 1.38 bits per heavy atom. The first kappa shape index (κ1) is 16.0. The lowest BCUT2D eigenvalue weighted by molar-refractivity contribution is 0.187. The molecule has 0 aliphatic carbocycles. The monoisotopic (exact) mass is 307 g/mol. The molecular weight excluding hydrogens is 286 g/mol. The van der Waals surface area contributed by atoms with E-state index in [1.54, 1.807) is 0 Å². The Morgan fingerprint density at radius 2 is 2.10 bits per heavy atom. The summed E-state index contributed by atoms with van der Waals surface area (Å²) in [6, 6.07) is 7.93. The van der Waals surface area contributed by atoms with Gasteiger partial charge in [-0.05, 0) is 49.6 Å². The van der Waals surface area contributed by atoms with Crippen LogP contribution >= 0.6 is 0 Å². The summed E-state index contributed by atoms with van der Waals surface area (Å²) in [7, 11) is -3.49. The van der Waals surface area contributed by atoms with Crippen molar-refractivity contribution in [2.45, 2.75) is 24.7 Å². The van der Waals surface area contributed by atoms with E-state index in [4.69, 9.17) is 5.26 Å². The van der Waals surface area contributed by atoms with Crippen LogP contribution in [-0.4, -0.2) is 39.5 Å². The number of hydrogen-bond acceptors (Lipinski definition) is 4. The molecule has 0 aromatic heterocycles. The second-order valence-corrected chi connectivity index (χ2v) is 7.35. The number of nitrogens with zero attached hydrogens (tertiary/aromatic N) is 2. The van der Waals surface area contributed by atoms with Crippen LogP contribution in [0.2, 0.25) is 0 Å². The van der Waals surface area contributed by atoms with Gasteiger partial charge in [0.05, 0.1) is 16.5 Å². The molecule has 2 rings (SSSR count). The zero-order valence-corrected chi connectivity index (χ0v) is 13.1. The highest BCUT2D eigenvalue weighted by atomic mass is 32.2. The first-order chi connectivity index (χ1) is 10.0. The quantitative estimate of drug-likeness (QED) is 0.896. The van der Waals surface area contributed by atoms with E-state index in [9.17, 15) is 8.42 Å². The third-order valence-corrected chi connectivity index (χ3v) is 5.23. The number of sulfonamides is 1. The molecule has 0 saturated carbocycles. The fourth-order valence-corrected chi connectivity index (χ4v) is 3.64. The zero-order chi connectivity index (χ0) is 15.3. The van der Waals surface area contributed by atoms with Crippen LogP contribution in [0, 0.1) is 17.2 Å². The van der Waals surface area contributed by atoms with Crippen molar-refractivity contribution >= 4 is 10.0 Å². The number of nitriles is 1. The Bertz CT molecular complexity index is 605. The Balaban J connectivity index is 1.87. The summed E-state index contributed by atoms with van der Waals surface area (Å²) < 4.78 is 26.9. The van der Waals surface area contributed by atoms with Gasteiger partial charge in [-0.1, -0.05) is 6.92 Å². The van der Waals surface area contributed by atoms with E-state index in [1.165, 1.54) is 37.1 Å². The molecule has 1 unspecified atom stereocenters. The van der Waals surface area contributed by atoms with Crippen molar-refractivity contribution < 1.29 is 8.42 Å². The van der Waals surface area contributed by atoms with Gasteiger partial charge in [0, 0.05) is 19.6 Å². The summed E-state index contributed by atoms with van der Waals surface area (Å²) in [6.07, 6.45) is 2.44. The SMILES string of the molecule is CC1CCCN(CCNS(=O)(=O)c2ccc(C#N)cc2)C1. The van der Waals surface area contributed by atoms with Gasteiger partial charge in [0.1, 0.15) is 0 Å². The van der Waals surface area contributed by atoms with E-state index in [0.29, 0.717) is 18.0 Å². The van der Waals surface area contributed by atoms with Crippen LogP contribution in [0.1, 0.15) is 25.3 Å². The maximum atomic E-state index is 12.1. The number of rotatable bonds is 5. The molecular formula is C15H21N3O2S. The van der Waals surface area contributed by atoms with Crippen molar-refractivity contribution in [1.82, 2.24) is 9.62 Å². The summed E-state index contributed by atoms with van der Waals surface area (Å²) in [5.74, 6) is 0.689. The number of benzene rings is 1. The van der Waals surface area contributed by atoms with Gasteiger partial charge in [-0.25, -0.2) is 13.1 Å². The predicted octanol–water partition coefficient (Wildman–Crippen LogP) is 1.57. The average molecular weight is 307 g/mol. The van der Waals surface area contributed by atoms with E-state index in [1.807, 2.05) is 6.07 Å². The van der Waals surface area contributed by atoms with Crippen molar-refractivity contribution in [3.63, 3.8) is 0 Å². The number of piperidine rings is 1. The molecule has 5 nitrogen and oxygen atoms in total. The number of likely N-dealkylation sites (tertiary alicyclic amines) is 1. The standard InChI is InChI=1S/C15H21N3O2S/c1-13-3-2-9-18(12-13)10-8-17-21(19,20)15-6-4-14(11-16)5-7-15/h4-7,13,17H,2-3,8-10,12H2,1H3. The fourth-order valence-electron chi connectivity index (χ4n) is 2.62. The highest BCUT2D eigenvalue weighted by Crippen LogP contribution is 2.15. The van der Waals surface area contributed by atoms with Gasteiger partial charge in [-0.2, -0.15) is 5.26 Å². The molecule has 0 amide bonds. The van der Waals surface area contributed by atoms with Crippen LogP contribution in [-0.2, 0) is 10.0 Å². The molecule has 1 fully saturated rings. The van der Waals surface area contributed by atoms with Crippen LogP contribution in [0.15, 0.2) is 29.2 Å². The molecule has 1 aromatic rings. The van der Waals surface area contributed by atoms with Crippen LogP contribution < -0.4 is 4.72 Å². The minimum Gasteiger partial charge on any atom is -0.302 e. The van der Waals surface area contributed by atoms with E-state index < -0.39 is 10.0 Å². The largest absolute Gasteiger partial charge is 0.302 e. The molecule has 1 aliphatic rings. The maximum absolute atomic E-state index is 12.1. The lowest BCUT2D eigenvalue weighted by Gasteiger charge is -2.30. The summed E-state index contributed by atoms with van der Waals surface area (Å²) in [5.41, 5.74) is 0.455. The Labute approximate surface area is 126 Å². The van der Waals surface area contributed by atoms with Gasteiger partial charge >= 0.3 is 0 Å². The highest BCUT2D eigenvalue weighted by molar-refractivity contribution is 7.89. The predicted molar refractivity (Wildman–Crippen MR) is 81.2 cm³/mol. The average Bonchev–Trinajstić information content (AvgIpc) is 2.47. The smallest absolute Gasteiger partial charge is 0.240 e. The molecule has 1 saturated heterocycles. The van der Waals surface area contributed by atoms with Gasteiger partial charge in [0.15, 0.2) is 0 Å². The summed E-state index contributed by atoms with van der Waals surface area (Å²) in [6.45, 7) is 5.46.